The van der Waals surface area contributed by atoms with Crippen LogP contribution in [0.2, 0.25) is 5.04 Å². The fourth-order valence-corrected chi connectivity index (χ4v) is 9.53. The first kappa shape index (κ1) is 33.1. The summed E-state index contributed by atoms with van der Waals surface area (Å²) in [5, 5.41) is 22.9. The van der Waals surface area contributed by atoms with Gasteiger partial charge in [0.25, 0.3) is 8.32 Å². The van der Waals surface area contributed by atoms with Crippen molar-refractivity contribution in [3.8, 4) is 0 Å². The number of methoxy groups -OCH3 is 1. The van der Waals surface area contributed by atoms with E-state index < -0.39 is 20.0 Å². The number of rotatable bonds is 16. The van der Waals surface area contributed by atoms with Crippen LogP contribution in [-0.4, -0.2) is 57.4 Å². The fraction of sp³-hybridized carbons (Fsp3) is 0.515. The van der Waals surface area contributed by atoms with E-state index in [2.05, 4.69) is 94.4 Å². The van der Waals surface area contributed by atoms with Crippen molar-refractivity contribution in [1.82, 2.24) is 0 Å². The van der Waals surface area contributed by atoms with Crippen LogP contribution in [0.3, 0.4) is 0 Å². The molecule has 0 amide bonds. The van der Waals surface area contributed by atoms with Gasteiger partial charge in [-0.05, 0) is 61.9 Å². The standard InChI is InChI=1S/C33H50O5Si/c1-27(20-21-31(35)33(6,37-26-36-7)23-14-15-28(2)25-34)22-24-38-39(32(3,4)5,29-16-10-8-11-17-29)30-18-12-9-13-19-30/h8-13,15-19,22,31,34-35H,14,20-21,23-26H2,1-7H3/b27-22+,28-15+/t31-,33+/m1/s1. The minimum absolute atomic E-state index is 0.0398. The van der Waals surface area contributed by atoms with E-state index in [1.165, 1.54) is 15.9 Å². The van der Waals surface area contributed by atoms with Crippen molar-refractivity contribution in [3.63, 3.8) is 0 Å². The van der Waals surface area contributed by atoms with Gasteiger partial charge in [0.05, 0.1) is 24.9 Å². The number of aliphatic hydroxyl groups is 2. The van der Waals surface area contributed by atoms with Crippen LogP contribution >= 0.6 is 0 Å². The molecule has 0 bridgehead atoms. The van der Waals surface area contributed by atoms with Gasteiger partial charge < -0.3 is 24.1 Å². The van der Waals surface area contributed by atoms with Crippen LogP contribution in [0, 0.1) is 0 Å². The van der Waals surface area contributed by atoms with Gasteiger partial charge in [-0.15, -0.1) is 0 Å². The maximum absolute atomic E-state index is 11.1. The topological polar surface area (TPSA) is 68.2 Å². The second-order valence-electron chi connectivity index (χ2n) is 11.7. The number of benzene rings is 2. The number of aliphatic hydroxyl groups excluding tert-OH is 2. The van der Waals surface area contributed by atoms with E-state index in [-0.39, 0.29) is 18.4 Å². The van der Waals surface area contributed by atoms with Gasteiger partial charge in [-0.2, -0.15) is 0 Å². The molecule has 2 N–H and O–H groups in total. The molecule has 0 heterocycles. The van der Waals surface area contributed by atoms with Gasteiger partial charge in [0, 0.05) is 7.11 Å². The molecule has 0 aliphatic carbocycles. The van der Waals surface area contributed by atoms with E-state index in [0.717, 1.165) is 12.0 Å². The monoisotopic (exact) mass is 554 g/mol. The molecule has 0 fully saturated rings. The summed E-state index contributed by atoms with van der Waals surface area (Å²) >= 11 is 0. The lowest BCUT2D eigenvalue weighted by atomic mass is 9.89. The molecule has 0 saturated heterocycles. The van der Waals surface area contributed by atoms with E-state index in [1.54, 1.807) is 7.11 Å². The van der Waals surface area contributed by atoms with E-state index in [4.69, 9.17) is 13.9 Å². The van der Waals surface area contributed by atoms with Crippen LogP contribution in [0.25, 0.3) is 0 Å². The Hall–Kier alpha value is -2.06. The molecule has 0 saturated carbocycles. The Bertz CT molecular complexity index is 990. The molecular formula is C33H50O5Si. The molecule has 39 heavy (non-hydrogen) atoms. The first-order valence-corrected chi connectivity index (χ1v) is 15.9. The van der Waals surface area contributed by atoms with Crippen LogP contribution < -0.4 is 10.4 Å². The van der Waals surface area contributed by atoms with E-state index in [0.29, 0.717) is 25.9 Å². The summed E-state index contributed by atoms with van der Waals surface area (Å²) < 4.78 is 18.1. The summed E-state index contributed by atoms with van der Waals surface area (Å²) in [6.45, 7) is 13.4. The zero-order valence-electron chi connectivity index (χ0n) is 25.1. The van der Waals surface area contributed by atoms with Gasteiger partial charge in [-0.1, -0.05) is 105 Å². The van der Waals surface area contributed by atoms with Crippen LogP contribution in [-0.2, 0) is 13.9 Å². The lowest BCUT2D eigenvalue weighted by molar-refractivity contribution is -0.172. The Labute approximate surface area is 237 Å². The average molecular weight is 555 g/mol. The molecule has 0 radical (unpaired) electrons. The predicted octanol–water partition coefficient (Wildman–Crippen LogP) is 5.75. The lowest BCUT2D eigenvalue weighted by Crippen LogP contribution is -2.66. The third kappa shape index (κ3) is 9.24. The zero-order valence-corrected chi connectivity index (χ0v) is 26.1. The molecular weight excluding hydrogens is 504 g/mol. The van der Waals surface area contributed by atoms with E-state index in [9.17, 15) is 10.2 Å². The van der Waals surface area contributed by atoms with Crippen LogP contribution in [0.1, 0.15) is 67.2 Å². The fourth-order valence-electron chi connectivity index (χ4n) is 5.04. The summed E-state index contributed by atoms with van der Waals surface area (Å²) in [5.74, 6) is 0. The van der Waals surface area contributed by atoms with Crippen molar-refractivity contribution < 1.29 is 24.1 Å². The highest BCUT2D eigenvalue weighted by atomic mass is 28.4. The highest BCUT2D eigenvalue weighted by molar-refractivity contribution is 6.99. The molecule has 2 aromatic rings. The van der Waals surface area contributed by atoms with Gasteiger partial charge in [0.1, 0.15) is 6.79 Å². The third-order valence-electron chi connectivity index (χ3n) is 7.55. The van der Waals surface area contributed by atoms with Gasteiger partial charge >= 0.3 is 0 Å². The van der Waals surface area contributed by atoms with Crippen molar-refractivity contribution in [1.29, 1.82) is 0 Å². The van der Waals surface area contributed by atoms with Gasteiger partial charge in [0.15, 0.2) is 0 Å². The van der Waals surface area contributed by atoms with Crippen LogP contribution in [0.15, 0.2) is 84.0 Å². The first-order chi connectivity index (χ1) is 18.5. The molecule has 2 rings (SSSR count). The van der Waals surface area contributed by atoms with Crippen LogP contribution in [0.5, 0.6) is 0 Å². The molecule has 0 unspecified atom stereocenters. The van der Waals surface area contributed by atoms with Crippen molar-refractivity contribution in [3.05, 3.63) is 84.0 Å². The number of hydrogen-bond donors (Lipinski definition) is 2. The average Bonchev–Trinajstić information content (AvgIpc) is 2.93. The Morgan fingerprint density at radius 1 is 0.897 bits per heavy atom. The second-order valence-corrected chi connectivity index (χ2v) is 16.0. The lowest BCUT2D eigenvalue weighted by Gasteiger charge is -2.42. The summed E-state index contributed by atoms with van der Waals surface area (Å²) in [4.78, 5) is 0. The van der Waals surface area contributed by atoms with Crippen molar-refractivity contribution in [2.45, 2.75) is 84.0 Å². The Morgan fingerprint density at radius 2 is 1.46 bits per heavy atom. The highest BCUT2D eigenvalue weighted by Gasteiger charge is 2.49. The predicted molar refractivity (Wildman–Crippen MR) is 164 cm³/mol. The number of allylic oxidation sites excluding steroid dienone is 2. The molecule has 0 aliphatic rings. The minimum Gasteiger partial charge on any atom is -0.404 e. The van der Waals surface area contributed by atoms with Crippen molar-refractivity contribution in [2.75, 3.05) is 27.1 Å². The molecule has 2 aromatic carbocycles. The Balaban J connectivity index is 2.16. The van der Waals surface area contributed by atoms with Gasteiger partial charge in [-0.25, -0.2) is 0 Å². The largest absolute Gasteiger partial charge is 0.404 e. The zero-order chi connectivity index (χ0) is 28.9. The Morgan fingerprint density at radius 3 is 1.95 bits per heavy atom. The van der Waals surface area contributed by atoms with Gasteiger partial charge in [0.2, 0.25) is 0 Å². The maximum Gasteiger partial charge on any atom is 0.261 e. The number of hydrogen-bond acceptors (Lipinski definition) is 5. The molecule has 0 aromatic heterocycles. The summed E-state index contributed by atoms with van der Waals surface area (Å²) in [6.07, 6.45) is 6.16. The molecule has 2 atom stereocenters. The molecule has 6 heteroatoms. The van der Waals surface area contributed by atoms with Crippen molar-refractivity contribution in [2.24, 2.45) is 0 Å². The smallest absolute Gasteiger partial charge is 0.261 e. The molecule has 0 aliphatic heterocycles. The number of ether oxygens (including phenoxy) is 2. The quantitative estimate of drug-likeness (QED) is 0.157. The molecule has 0 spiro atoms. The highest BCUT2D eigenvalue weighted by Crippen LogP contribution is 2.36. The van der Waals surface area contributed by atoms with E-state index in [1.807, 2.05) is 19.9 Å². The summed E-state index contributed by atoms with van der Waals surface area (Å²) in [6, 6.07) is 21.3. The summed E-state index contributed by atoms with van der Waals surface area (Å²) in [5.41, 5.74) is 1.35. The van der Waals surface area contributed by atoms with Crippen LogP contribution in [0.4, 0.5) is 0 Å². The molecule has 216 valence electrons. The second kappa shape index (κ2) is 15.7. The molecule has 5 nitrogen and oxygen atoms in total. The Kier molecular flexibility index (Phi) is 13.3. The van der Waals surface area contributed by atoms with Crippen molar-refractivity contribution >= 4 is 18.7 Å². The third-order valence-corrected chi connectivity index (χ3v) is 12.6. The maximum atomic E-state index is 11.1. The SMILES string of the molecule is COCO[C@@](C)(CC/C=C(\C)CO)[C@H](O)CC/C(C)=C/CO[Si](c1ccccc1)(c1ccccc1)C(C)(C)C. The van der Waals surface area contributed by atoms with Gasteiger partial charge in [-0.3, -0.25) is 0 Å². The first-order valence-electron chi connectivity index (χ1n) is 14.0. The normalized spacial score (nSPS) is 15.7. The van der Waals surface area contributed by atoms with E-state index >= 15 is 0 Å². The minimum atomic E-state index is -2.58. The summed E-state index contributed by atoms with van der Waals surface area (Å²) in [7, 11) is -1.000.